The van der Waals surface area contributed by atoms with Crippen LogP contribution in [0, 0.1) is 19.8 Å². The number of nitrogens with zero attached hydrogens (tertiary/aromatic N) is 2. The van der Waals surface area contributed by atoms with Crippen LogP contribution in [0.2, 0.25) is 0 Å². The summed E-state index contributed by atoms with van der Waals surface area (Å²) < 4.78 is 8.45. The molecule has 0 saturated heterocycles. The van der Waals surface area contributed by atoms with Gasteiger partial charge < -0.3 is 4.42 Å². The SMILES string of the molecule is Cc1cc(-n2c(-c3coc4cc5ccc(CC(C)C)cc5cc34)nc3ccccc32)cc(C)c1-c1ccccc1. The molecule has 0 unspecified atom stereocenters. The number of furan rings is 1. The van der Waals surface area contributed by atoms with Crippen molar-refractivity contribution < 1.29 is 4.42 Å². The van der Waals surface area contributed by atoms with Crippen molar-refractivity contribution in [3.05, 3.63) is 120 Å². The van der Waals surface area contributed by atoms with Crippen LogP contribution in [0.25, 0.3) is 61.0 Å². The van der Waals surface area contributed by atoms with E-state index in [0.717, 1.165) is 45.5 Å². The molecule has 0 atom stereocenters. The Kier molecular flexibility index (Phi) is 5.82. The lowest BCUT2D eigenvalue weighted by atomic mass is 9.95. The highest BCUT2D eigenvalue weighted by atomic mass is 16.3. The average molecular weight is 521 g/mol. The zero-order chi connectivity index (χ0) is 27.4. The monoisotopic (exact) mass is 520 g/mol. The Morgan fingerprint density at radius 1 is 0.775 bits per heavy atom. The Bertz CT molecular complexity index is 2000. The lowest BCUT2D eigenvalue weighted by molar-refractivity contribution is 0.617. The van der Waals surface area contributed by atoms with Crippen LogP contribution in [0.15, 0.2) is 108 Å². The molecule has 40 heavy (non-hydrogen) atoms. The van der Waals surface area contributed by atoms with E-state index in [4.69, 9.17) is 9.40 Å². The molecule has 3 nitrogen and oxygen atoms in total. The molecule has 2 aromatic heterocycles. The number of imidazole rings is 1. The topological polar surface area (TPSA) is 31.0 Å². The zero-order valence-electron chi connectivity index (χ0n) is 23.4. The first-order valence-corrected chi connectivity index (χ1v) is 14.0. The van der Waals surface area contributed by atoms with E-state index in [-0.39, 0.29) is 0 Å². The van der Waals surface area contributed by atoms with Crippen LogP contribution >= 0.6 is 0 Å². The molecule has 7 rings (SSSR count). The number of aromatic nitrogens is 2. The van der Waals surface area contributed by atoms with Crippen molar-refractivity contribution >= 4 is 32.8 Å². The first-order valence-electron chi connectivity index (χ1n) is 14.0. The molecule has 0 spiro atoms. The quantitative estimate of drug-likeness (QED) is 0.226. The first-order chi connectivity index (χ1) is 19.5. The van der Waals surface area contributed by atoms with Gasteiger partial charge in [-0.2, -0.15) is 0 Å². The van der Waals surface area contributed by atoms with Crippen LogP contribution in [0.3, 0.4) is 0 Å². The summed E-state index contributed by atoms with van der Waals surface area (Å²) in [7, 11) is 0. The Balaban J connectivity index is 1.44. The fourth-order valence-corrected chi connectivity index (χ4v) is 6.19. The van der Waals surface area contributed by atoms with Gasteiger partial charge in [-0.15, -0.1) is 0 Å². The summed E-state index contributed by atoms with van der Waals surface area (Å²) in [4.78, 5) is 5.16. The van der Waals surface area contributed by atoms with Gasteiger partial charge in [-0.3, -0.25) is 4.57 Å². The number of benzene rings is 5. The van der Waals surface area contributed by atoms with Crippen molar-refractivity contribution in [1.82, 2.24) is 9.55 Å². The van der Waals surface area contributed by atoms with Gasteiger partial charge in [0.25, 0.3) is 0 Å². The van der Waals surface area contributed by atoms with E-state index < -0.39 is 0 Å². The van der Waals surface area contributed by atoms with Crippen molar-refractivity contribution in [2.24, 2.45) is 5.92 Å². The van der Waals surface area contributed by atoms with Gasteiger partial charge in [0.05, 0.1) is 16.6 Å². The van der Waals surface area contributed by atoms with Gasteiger partial charge in [0.15, 0.2) is 0 Å². The van der Waals surface area contributed by atoms with Crippen molar-refractivity contribution in [3.63, 3.8) is 0 Å². The van der Waals surface area contributed by atoms with Gasteiger partial charge in [-0.1, -0.05) is 74.5 Å². The van der Waals surface area contributed by atoms with E-state index in [1.165, 1.54) is 38.6 Å². The fourth-order valence-electron chi connectivity index (χ4n) is 6.19. The Hall–Kier alpha value is -4.63. The number of hydrogen-bond donors (Lipinski definition) is 0. The van der Waals surface area contributed by atoms with E-state index in [1.54, 1.807) is 0 Å². The highest BCUT2D eigenvalue weighted by molar-refractivity contribution is 6.03. The zero-order valence-corrected chi connectivity index (χ0v) is 23.4. The van der Waals surface area contributed by atoms with Gasteiger partial charge in [0.2, 0.25) is 0 Å². The van der Waals surface area contributed by atoms with E-state index in [1.807, 2.05) is 6.26 Å². The predicted molar refractivity (Wildman–Crippen MR) is 167 cm³/mol. The molecule has 0 N–H and O–H groups in total. The average Bonchev–Trinajstić information content (AvgIpc) is 3.52. The van der Waals surface area contributed by atoms with Gasteiger partial charge in [-0.05, 0) is 101 Å². The molecule has 0 saturated carbocycles. The summed E-state index contributed by atoms with van der Waals surface area (Å²) in [5.41, 5.74) is 11.4. The van der Waals surface area contributed by atoms with Crippen molar-refractivity contribution in [3.8, 4) is 28.2 Å². The predicted octanol–water partition coefficient (Wildman–Crippen LogP) is 10.1. The summed E-state index contributed by atoms with van der Waals surface area (Å²) in [6.07, 6.45) is 2.94. The Morgan fingerprint density at radius 3 is 2.30 bits per heavy atom. The molecule has 7 aromatic rings. The summed E-state index contributed by atoms with van der Waals surface area (Å²) >= 11 is 0. The normalized spacial score (nSPS) is 11.8. The second-order valence-electron chi connectivity index (χ2n) is 11.4. The van der Waals surface area contributed by atoms with E-state index >= 15 is 0 Å². The van der Waals surface area contributed by atoms with Crippen LogP contribution in [-0.4, -0.2) is 9.55 Å². The molecule has 0 aliphatic rings. The lowest BCUT2D eigenvalue weighted by Crippen LogP contribution is -2.00. The van der Waals surface area contributed by atoms with Gasteiger partial charge in [-0.25, -0.2) is 4.98 Å². The summed E-state index contributed by atoms with van der Waals surface area (Å²) in [5, 5.41) is 3.51. The van der Waals surface area contributed by atoms with Crippen LogP contribution < -0.4 is 0 Å². The molecule has 0 aliphatic heterocycles. The van der Waals surface area contributed by atoms with Gasteiger partial charge >= 0.3 is 0 Å². The molecule has 0 radical (unpaired) electrons. The molecule has 0 amide bonds. The Labute approximate surface area is 234 Å². The number of fused-ring (bicyclic) bond motifs is 3. The smallest absolute Gasteiger partial charge is 0.149 e. The van der Waals surface area contributed by atoms with Gasteiger partial charge in [0, 0.05) is 11.1 Å². The molecular weight excluding hydrogens is 488 g/mol. The van der Waals surface area contributed by atoms with Crippen molar-refractivity contribution in [2.45, 2.75) is 34.1 Å². The molecule has 196 valence electrons. The van der Waals surface area contributed by atoms with E-state index in [9.17, 15) is 0 Å². The van der Waals surface area contributed by atoms with Crippen molar-refractivity contribution in [2.75, 3.05) is 0 Å². The molecule has 5 aromatic carbocycles. The largest absolute Gasteiger partial charge is 0.464 e. The highest BCUT2D eigenvalue weighted by Gasteiger charge is 2.20. The third kappa shape index (κ3) is 4.10. The number of para-hydroxylation sites is 2. The molecule has 3 heteroatoms. The summed E-state index contributed by atoms with van der Waals surface area (Å²) in [6.45, 7) is 8.93. The fraction of sp³-hybridized carbons (Fsp3) is 0.162. The standard InChI is InChI=1S/C37H32N2O/c1-23(2)16-26-14-15-28-21-35-31(20-29(28)19-26)32(22-40-35)37-38-33-12-8-9-13-34(33)39(37)30-17-24(3)36(25(4)18-30)27-10-6-5-7-11-27/h5-15,17-23H,16H2,1-4H3. The third-order valence-corrected chi connectivity index (χ3v) is 7.88. The van der Waals surface area contributed by atoms with Crippen LogP contribution in [0.5, 0.6) is 0 Å². The van der Waals surface area contributed by atoms with E-state index in [0.29, 0.717) is 5.92 Å². The lowest BCUT2D eigenvalue weighted by Gasteiger charge is -2.16. The van der Waals surface area contributed by atoms with Crippen molar-refractivity contribution in [1.29, 1.82) is 0 Å². The second-order valence-corrected chi connectivity index (χ2v) is 11.4. The van der Waals surface area contributed by atoms with Crippen LogP contribution in [0.4, 0.5) is 0 Å². The number of hydrogen-bond acceptors (Lipinski definition) is 2. The highest BCUT2D eigenvalue weighted by Crippen LogP contribution is 2.38. The maximum Gasteiger partial charge on any atom is 0.149 e. The maximum atomic E-state index is 6.16. The molecule has 0 fully saturated rings. The number of rotatable bonds is 5. The minimum atomic E-state index is 0.616. The second kappa shape index (κ2) is 9.53. The van der Waals surface area contributed by atoms with Gasteiger partial charge in [0.1, 0.15) is 17.7 Å². The number of aryl methyl sites for hydroxylation is 2. The first kappa shape index (κ1) is 24.4. The Morgan fingerprint density at radius 2 is 1.52 bits per heavy atom. The van der Waals surface area contributed by atoms with E-state index in [2.05, 4.69) is 129 Å². The third-order valence-electron chi connectivity index (χ3n) is 7.88. The summed E-state index contributed by atoms with van der Waals surface area (Å²) in [6, 6.07) is 34.8. The van der Waals surface area contributed by atoms with Crippen LogP contribution in [-0.2, 0) is 6.42 Å². The maximum absolute atomic E-state index is 6.16. The summed E-state index contributed by atoms with van der Waals surface area (Å²) in [5.74, 6) is 1.51. The minimum Gasteiger partial charge on any atom is -0.464 e. The molecular formula is C37H32N2O. The molecule has 0 aliphatic carbocycles. The molecule has 2 heterocycles. The van der Waals surface area contributed by atoms with Crippen LogP contribution in [0.1, 0.15) is 30.5 Å². The minimum absolute atomic E-state index is 0.616. The molecule has 0 bridgehead atoms.